The Kier molecular flexibility index (Phi) is 5.00. The van der Waals surface area contributed by atoms with Gasteiger partial charge in [0.15, 0.2) is 0 Å². The molecule has 5 nitrogen and oxygen atoms in total. The number of methoxy groups -OCH3 is 1. The number of carbonyl (C=O) groups excluding carboxylic acids is 1. The van der Waals surface area contributed by atoms with Crippen molar-refractivity contribution >= 4 is 21.7 Å². The van der Waals surface area contributed by atoms with Crippen molar-refractivity contribution in [3.63, 3.8) is 0 Å². The molecule has 0 amide bonds. The zero-order chi connectivity index (χ0) is 17.0. The molecule has 23 heavy (non-hydrogen) atoms. The molecule has 2 rings (SSSR count). The summed E-state index contributed by atoms with van der Waals surface area (Å²) >= 11 is 0. The molecule has 2 aromatic carbocycles. The summed E-state index contributed by atoms with van der Waals surface area (Å²) in [5.74, 6) is -1.00. The molecule has 0 aliphatic carbocycles. The van der Waals surface area contributed by atoms with E-state index in [0.29, 0.717) is 11.3 Å². The fraction of sp³-hybridized carbons (Fsp3) is 0.188. The summed E-state index contributed by atoms with van der Waals surface area (Å²) in [7, 11) is -2.54. The maximum Gasteiger partial charge on any atom is 0.337 e. The van der Waals surface area contributed by atoms with Crippen LogP contribution < -0.4 is 4.31 Å². The highest BCUT2D eigenvalue weighted by Gasteiger charge is 2.23. The number of benzene rings is 2. The molecule has 0 radical (unpaired) electrons. The number of esters is 1. The summed E-state index contributed by atoms with van der Waals surface area (Å²) < 4.78 is 44.1. The van der Waals surface area contributed by atoms with E-state index in [-0.39, 0.29) is 11.4 Å². The van der Waals surface area contributed by atoms with Crippen molar-refractivity contribution in [1.82, 2.24) is 0 Å². The van der Waals surface area contributed by atoms with Gasteiger partial charge in [0.25, 0.3) is 10.0 Å². The summed E-state index contributed by atoms with van der Waals surface area (Å²) in [6, 6.07) is 10.7. The van der Waals surface area contributed by atoms with Gasteiger partial charge in [0, 0.05) is 6.54 Å². The number of anilines is 1. The number of ether oxygens (including phenoxy) is 1. The van der Waals surface area contributed by atoms with Crippen LogP contribution in [0.25, 0.3) is 0 Å². The third-order valence-electron chi connectivity index (χ3n) is 3.27. The molecule has 0 bridgehead atoms. The van der Waals surface area contributed by atoms with E-state index < -0.39 is 21.8 Å². The first-order valence-electron chi connectivity index (χ1n) is 6.87. The molecule has 0 aliphatic rings. The molecule has 0 unspecified atom stereocenters. The van der Waals surface area contributed by atoms with Gasteiger partial charge in [-0.1, -0.05) is 0 Å². The van der Waals surface area contributed by atoms with Crippen LogP contribution in [0.15, 0.2) is 53.4 Å². The van der Waals surface area contributed by atoms with Crippen LogP contribution in [0.3, 0.4) is 0 Å². The molecule has 2 aromatic rings. The lowest BCUT2D eigenvalue weighted by molar-refractivity contribution is 0.0601. The van der Waals surface area contributed by atoms with Crippen LogP contribution in [0, 0.1) is 5.82 Å². The number of carbonyl (C=O) groups is 1. The van der Waals surface area contributed by atoms with Gasteiger partial charge >= 0.3 is 5.97 Å². The maximum absolute atomic E-state index is 13.0. The number of sulfonamides is 1. The molecule has 0 saturated heterocycles. The Morgan fingerprint density at radius 1 is 1.09 bits per heavy atom. The molecular weight excluding hydrogens is 321 g/mol. The Morgan fingerprint density at radius 2 is 1.65 bits per heavy atom. The number of halogens is 1. The molecule has 7 heteroatoms. The highest BCUT2D eigenvalue weighted by molar-refractivity contribution is 7.92. The molecule has 0 N–H and O–H groups in total. The van der Waals surface area contributed by atoms with Gasteiger partial charge in [0.2, 0.25) is 0 Å². The van der Waals surface area contributed by atoms with Crippen molar-refractivity contribution in [3.8, 4) is 0 Å². The van der Waals surface area contributed by atoms with E-state index in [1.165, 1.54) is 47.8 Å². The van der Waals surface area contributed by atoms with Crippen molar-refractivity contribution in [1.29, 1.82) is 0 Å². The third kappa shape index (κ3) is 3.50. The predicted octanol–water partition coefficient (Wildman–Crippen LogP) is 2.83. The Hall–Kier alpha value is -2.41. The highest BCUT2D eigenvalue weighted by Crippen LogP contribution is 2.24. The van der Waals surface area contributed by atoms with E-state index in [9.17, 15) is 17.6 Å². The Labute approximate surface area is 134 Å². The predicted molar refractivity (Wildman–Crippen MR) is 84.4 cm³/mol. The molecule has 122 valence electrons. The molecule has 0 fully saturated rings. The maximum atomic E-state index is 13.0. The van der Waals surface area contributed by atoms with Gasteiger partial charge in [-0.2, -0.15) is 0 Å². The normalized spacial score (nSPS) is 11.1. The second kappa shape index (κ2) is 6.78. The molecular formula is C16H16FNO4S. The van der Waals surface area contributed by atoms with Gasteiger partial charge in [0.1, 0.15) is 5.82 Å². The summed E-state index contributed by atoms with van der Waals surface area (Å²) in [6.07, 6.45) is 0. The first-order chi connectivity index (χ1) is 10.9. The third-order valence-corrected chi connectivity index (χ3v) is 5.18. The molecule has 0 heterocycles. The number of hydrogen-bond donors (Lipinski definition) is 0. The van der Waals surface area contributed by atoms with Gasteiger partial charge in [0.05, 0.1) is 23.3 Å². The average molecular weight is 337 g/mol. The zero-order valence-corrected chi connectivity index (χ0v) is 13.5. The van der Waals surface area contributed by atoms with Gasteiger partial charge in [-0.05, 0) is 55.5 Å². The lowest BCUT2D eigenvalue weighted by atomic mass is 10.2. The van der Waals surface area contributed by atoms with Gasteiger partial charge in [-0.3, -0.25) is 4.31 Å². The van der Waals surface area contributed by atoms with Crippen molar-refractivity contribution in [2.45, 2.75) is 11.8 Å². The van der Waals surface area contributed by atoms with Crippen LogP contribution in [0.2, 0.25) is 0 Å². The van der Waals surface area contributed by atoms with Crippen LogP contribution in [0.5, 0.6) is 0 Å². The van der Waals surface area contributed by atoms with Gasteiger partial charge in [-0.15, -0.1) is 0 Å². The Morgan fingerprint density at radius 3 is 2.13 bits per heavy atom. The van der Waals surface area contributed by atoms with Crippen LogP contribution >= 0.6 is 0 Å². The lowest BCUT2D eigenvalue weighted by Gasteiger charge is -2.23. The minimum Gasteiger partial charge on any atom is -0.465 e. The average Bonchev–Trinajstić information content (AvgIpc) is 2.55. The number of rotatable bonds is 5. The van der Waals surface area contributed by atoms with E-state index in [4.69, 9.17) is 0 Å². The molecule has 0 spiro atoms. The summed E-state index contributed by atoms with van der Waals surface area (Å²) in [6.45, 7) is 1.88. The van der Waals surface area contributed by atoms with E-state index in [1.54, 1.807) is 6.92 Å². The standard InChI is InChI=1S/C16H16FNO4S/c1-3-18(14-8-4-12(5-9-14)16(19)22-2)23(20,21)15-10-6-13(17)7-11-15/h4-11H,3H2,1-2H3. The van der Waals surface area contributed by atoms with E-state index in [0.717, 1.165) is 12.1 Å². The molecule has 0 saturated carbocycles. The quantitative estimate of drug-likeness (QED) is 0.787. The van der Waals surface area contributed by atoms with Crippen LogP contribution in [-0.2, 0) is 14.8 Å². The fourth-order valence-electron chi connectivity index (χ4n) is 2.11. The van der Waals surface area contributed by atoms with E-state index in [2.05, 4.69) is 4.74 Å². The Bertz CT molecular complexity index is 786. The minimum atomic E-state index is -3.81. The molecule has 0 aliphatic heterocycles. The molecule has 0 atom stereocenters. The summed E-state index contributed by atoms with van der Waals surface area (Å²) in [5.41, 5.74) is 0.732. The number of hydrogen-bond acceptors (Lipinski definition) is 4. The van der Waals surface area contributed by atoms with Crippen LogP contribution in [-0.4, -0.2) is 28.0 Å². The van der Waals surface area contributed by atoms with Gasteiger partial charge in [-0.25, -0.2) is 17.6 Å². The van der Waals surface area contributed by atoms with Gasteiger partial charge < -0.3 is 4.74 Å². The fourth-order valence-corrected chi connectivity index (χ4v) is 3.58. The van der Waals surface area contributed by atoms with Crippen LogP contribution in [0.1, 0.15) is 17.3 Å². The summed E-state index contributed by atoms with van der Waals surface area (Å²) in [4.78, 5) is 11.4. The monoisotopic (exact) mass is 337 g/mol. The second-order valence-electron chi connectivity index (χ2n) is 4.66. The lowest BCUT2D eigenvalue weighted by Crippen LogP contribution is -2.30. The Balaban J connectivity index is 2.38. The first kappa shape index (κ1) is 17.0. The van der Waals surface area contributed by atoms with Crippen molar-refractivity contribution in [2.75, 3.05) is 18.0 Å². The number of nitrogens with zero attached hydrogens (tertiary/aromatic N) is 1. The van der Waals surface area contributed by atoms with Crippen molar-refractivity contribution < 1.29 is 22.3 Å². The SMILES string of the molecule is CCN(c1ccc(C(=O)OC)cc1)S(=O)(=O)c1ccc(F)cc1. The smallest absolute Gasteiger partial charge is 0.337 e. The minimum absolute atomic E-state index is 0.00204. The summed E-state index contributed by atoms with van der Waals surface area (Å²) in [5, 5.41) is 0. The van der Waals surface area contributed by atoms with E-state index in [1.807, 2.05) is 0 Å². The van der Waals surface area contributed by atoms with Crippen molar-refractivity contribution in [3.05, 3.63) is 59.9 Å². The topological polar surface area (TPSA) is 63.7 Å². The highest BCUT2D eigenvalue weighted by atomic mass is 32.2. The zero-order valence-electron chi connectivity index (χ0n) is 12.7. The van der Waals surface area contributed by atoms with Crippen LogP contribution in [0.4, 0.5) is 10.1 Å². The van der Waals surface area contributed by atoms with E-state index >= 15 is 0 Å². The second-order valence-corrected chi connectivity index (χ2v) is 6.52. The molecule has 0 aromatic heterocycles. The largest absolute Gasteiger partial charge is 0.465 e. The van der Waals surface area contributed by atoms with Crippen molar-refractivity contribution in [2.24, 2.45) is 0 Å². The first-order valence-corrected chi connectivity index (χ1v) is 8.31.